The molecule has 3 aromatic rings. The van der Waals surface area contributed by atoms with Crippen molar-refractivity contribution in [1.82, 2.24) is 20.5 Å². The molecule has 2 aromatic carbocycles. The van der Waals surface area contributed by atoms with Gasteiger partial charge in [0, 0.05) is 11.1 Å². The first-order chi connectivity index (χ1) is 11.2. The molecule has 0 fully saturated rings. The van der Waals surface area contributed by atoms with E-state index in [1.807, 2.05) is 0 Å². The lowest BCUT2D eigenvalue weighted by Crippen LogP contribution is -2.18. The fourth-order valence-corrected chi connectivity index (χ4v) is 2.14. The molecule has 0 saturated carbocycles. The van der Waals surface area contributed by atoms with E-state index in [9.17, 15) is 9.18 Å². The fourth-order valence-electron chi connectivity index (χ4n) is 2.14. The van der Waals surface area contributed by atoms with Gasteiger partial charge in [-0.05, 0) is 42.0 Å². The van der Waals surface area contributed by atoms with Crippen LogP contribution in [0.3, 0.4) is 0 Å². The van der Waals surface area contributed by atoms with Gasteiger partial charge in [0.05, 0.1) is 12.7 Å². The maximum absolute atomic E-state index is 12.9. The van der Waals surface area contributed by atoms with Gasteiger partial charge in [-0.3, -0.25) is 10.0 Å². The summed E-state index contributed by atoms with van der Waals surface area (Å²) in [6.45, 7) is 0.481. The average molecular weight is 312 g/mol. The number of amides is 1. The summed E-state index contributed by atoms with van der Waals surface area (Å²) < 4.78 is 14.6. The molecular weight excluding hydrogens is 299 g/mol. The molecule has 0 radical (unpaired) electrons. The van der Waals surface area contributed by atoms with Crippen LogP contribution in [0.1, 0.15) is 15.9 Å². The van der Waals surface area contributed by atoms with E-state index in [2.05, 4.69) is 10.3 Å². The van der Waals surface area contributed by atoms with Gasteiger partial charge in [-0.25, -0.2) is 14.6 Å². The maximum Gasteiger partial charge on any atom is 0.274 e. The van der Waals surface area contributed by atoms with Crippen LogP contribution in [0.25, 0.3) is 11.3 Å². The third kappa shape index (κ3) is 3.41. The Labute approximate surface area is 131 Å². The molecule has 116 valence electrons. The third-order valence-electron chi connectivity index (χ3n) is 3.34. The number of benzene rings is 2. The fraction of sp³-hybridized carbons (Fsp3) is 0.0625. The van der Waals surface area contributed by atoms with Crippen LogP contribution in [0.4, 0.5) is 4.39 Å². The van der Waals surface area contributed by atoms with Crippen LogP contribution < -0.4 is 5.48 Å². The first-order valence-corrected chi connectivity index (χ1v) is 6.85. The van der Waals surface area contributed by atoms with E-state index >= 15 is 0 Å². The molecule has 1 heterocycles. The molecule has 1 amide bonds. The molecule has 23 heavy (non-hydrogen) atoms. The second-order valence-electron chi connectivity index (χ2n) is 4.95. The molecule has 0 aliphatic carbocycles. The van der Waals surface area contributed by atoms with Gasteiger partial charge >= 0.3 is 0 Å². The highest BCUT2D eigenvalue weighted by molar-refractivity contribution is 5.93. The third-order valence-corrected chi connectivity index (χ3v) is 3.34. The van der Waals surface area contributed by atoms with E-state index in [-0.39, 0.29) is 5.82 Å². The van der Waals surface area contributed by atoms with Crippen LogP contribution >= 0.6 is 0 Å². The minimum absolute atomic E-state index is 0.298. The van der Waals surface area contributed by atoms with Crippen LogP contribution in [0, 0.1) is 5.82 Å². The van der Waals surface area contributed by atoms with Crippen LogP contribution in [0.2, 0.25) is 0 Å². The summed E-state index contributed by atoms with van der Waals surface area (Å²) in [5, 5.41) is 16.7. The Kier molecular flexibility index (Phi) is 4.11. The predicted octanol–water partition coefficient (Wildman–Crippen LogP) is 2.25. The number of rotatable bonds is 4. The Balaban J connectivity index is 1.74. The summed E-state index contributed by atoms with van der Waals surface area (Å²) in [6, 6.07) is 12.8. The topological polar surface area (TPSA) is 80.0 Å². The maximum atomic E-state index is 12.9. The van der Waals surface area contributed by atoms with Crippen molar-refractivity contribution in [3.8, 4) is 11.3 Å². The lowest BCUT2D eigenvalue weighted by molar-refractivity contribution is 0.0706. The SMILES string of the molecule is O=C(NO)c1ccc(Cn2cc(-c3ccc(F)cc3)nn2)cc1. The highest BCUT2D eigenvalue weighted by Gasteiger charge is 2.06. The molecule has 0 spiro atoms. The normalized spacial score (nSPS) is 10.5. The second-order valence-corrected chi connectivity index (χ2v) is 4.95. The van der Waals surface area contributed by atoms with Gasteiger partial charge < -0.3 is 0 Å². The van der Waals surface area contributed by atoms with Gasteiger partial charge in [0.1, 0.15) is 11.5 Å². The number of carbonyl (C=O) groups is 1. The van der Waals surface area contributed by atoms with E-state index in [4.69, 9.17) is 5.21 Å². The number of halogens is 1. The Morgan fingerprint density at radius 1 is 1.13 bits per heavy atom. The number of carbonyl (C=O) groups excluding carboxylic acids is 1. The Morgan fingerprint density at radius 2 is 1.83 bits per heavy atom. The number of aromatic nitrogens is 3. The van der Waals surface area contributed by atoms with Crippen molar-refractivity contribution >= 4 is 5.91 Å². The average Bonchev–Trinajstić information content (AvgIpc) is 3.04. The highest BCUT2D eigenvalue weighted by atomic mass is 19.1. The van der Waals surface area contributed by atoms with E-state index in [0.29, 0.717) is 17.8 Å². The summed E-state index contributed by atoms with van der Waals surface area (Å²) in [5.74, 6) is -0.857. The van der Waals surface area contributed by atoms with Crippen molar-refractivity contribution in [2.75, 3.05) is 0 Å². The minimum atomic E-state index is -0.559. The van der Waals surface area contributed by atoms with E-state index in [0.717, 1.165) is 11.1 Å². The molecule has 0 saturated heterocycles. The largest absolute Gasteiger partial charge is 0.288 e. The molecule has 1 aromatic heterocycles. The molecule has 0 bridgehead atoms. The number of hydrogen-bond donors (Lipinski definition) is 2. The Hall–Kier alpha value is -3.06. The molecule has 3 rings (SSSR count). The molecule has 6 nitrogen and oxygen atoms in total. The van der Waals surface area contributed by atoms with Gasteiger partial charge in [0.15, 0.2) is 0 Å². The van der Waals surface area contributed by atoms with E-state index in [1.165, 1.54) is 12.1 Å². The van der Waals surface area contributed by atoms with Crippen LogP contribution in [-0.4, -0.2) is 26.1 Å². The molecule has 0 atom stereocenters. The number of hydrogen-bond acceptors (Lipinski definition) is 4. The summed E-state index contributed by atoms with van der Waals surface area (Å²) in [6.07, 6.45) is 1.77. The van der Waals surface area contributed by atoms with Crippen LogP contribution in [-0.2, 0) is 6.54 Å². The van der Waals surface area contributed by atoms with Crippen molar-refractivity contribution in [3.05, 3.63) is 71.7 Å². The van der Waals surface area contributed by atoms with Gasteiger partial charge in [-0.15, -0.1) is 5.10 Å². The monoisotopic (exact) mass is 312 g/mol. The molecule has 2 N–H and O–H groups in total. The summed E-state index contributed by atoms with van der Waals surface area (Å²) >= 11 is 0. The molecule has 7 heteroatoms. The molecule has 0 aliphatic heterocycles. The first-order valence-electron chi connectivity index (χ1n) is 6.85. The van der Waals surface area contributed by atoms with Crippen LogP contribution in [0.15, 0.2) is 54.7 Å². The van der Waals surface area contributed by atoms with Crippen molar-refractivity contribution in [3.63, 3.8) is 0 Å². The summed E-state index contributed by atoms with van der Waals surface area (Å²) in [5.41, 5.74) is 4.31. The van der Waals surface area contributed by atoms with Gasteiger partial charge in [0.2, 0.25) is 0 Å². The number of hydroxylamine groups is 1. The van der Waals surface area contributed by atoms with Crippen molar-refractivity contribution in [2.24, 2.45) is 0 Å². The summed E-state index contributed by atoms with van der Waals surface area (Å²) in [7, 11) is 0. The van der Waals surface area contributed by atoms with Gasteiger partial charge in [-0.2, -0.15) is 0 Å². The van der Waals surface area contributed by atoms with Crippen molar-refractivity contribution in [2.45, 2.75) is 6.54 Å². The Morgan fingerprint density at radius 3 is 2.48 bits per heavy atom. The predicted molar refractivity (Wildman–Crippen MR) is 80.2 cm³/mol. The quantitative estimate of drug-likeness (QED) is 0.572. The summed E-state index contributed by atoms with van der Waals surface area (Å²) in [4.78, 5) is 11.3. The lowest BCUT2D eigenvalue weighted by Gasteiger charge is -2.03. The van der Waals surface area contributed by atoms with E-state index < -0.39 is 5.91 Å². The molecule has 0 aliphatic rings. The second kappa shape index (κ2) is 6.37. The van der Waals surface area contributed by atoms with Gasteiger partial charge in [-0.1, -0.05) is 17.3 Å². The lowest BCUT2D eigenvalue weighted by atomic mass is 10.1. The highest BCUT2D eigenvalue weighted by Crippen LogP contribution is 2.16. The molecular formula is C16H13FN4O2. The van der Waals surface area contributed by atoms with Crippen LogP contribution in [0.5, 0.6) is 0 Å². The zero-order valence-corrected chi connectivity index (χ0v) is 12.0. The minimum Gasteiger partial charge on any atom is -0.288 e. The standard InChI is InChI=1S/C16H13FN4O2/c17-14-7-5-12(6-8-14)15-10-21(20-18-15)9-11-1-3-13(4-2-11)16(22)19-23/h1-8,10,23H,9H2,(H,19,22). The molecule has 0 unspecified atom stereocenters. The Bertz CT molecular complexity index is 813. The van der Waals surface area contributed by atoms with Gasteiger partial charge in [0.25, 0.3) is 5.91 Å². The zero-order valence-electron chi connectivity index (χ0n) is 12.0. The number of nitrogens with one attached hydrogen (secondary N) is 1. The zero-order chi connectivity index (χ0) is 16.2. The smallest absolute Gasteiger partial charge is 0.274 e. The number of nitrogens with zero attached hydrogens (tertiary/aromatic N) is 3. The van der Waals surface area contributed by atoms with Crippen molar-refractivity contribution < 1.29 is 14.4 Å². The van der Waals surface area contributed by atoms with E-state index in [1.54, 1.807) is 52.8 Å². The first kappa shape index (κ1) is 14.9. The van der Waals surface area contributed by atoms with Crippen molar-refractivity contribution in [1.29, 1.82) is 0 Å².